The maximum atomic E-state index is 11.1. The van der Waals surface area contributed by atoms with Crippen LogP contribution in [-0.2, 0) is 12.1 Å². The Labute approximate surface area is 130 Å². The Hall–Kier alpha value is -1.85. The van der Waals surface area contributed by atoms with Crippen LogP contribution >= 0.6 is 0 Å². The SMILES string of the molecule is COc1ccc(C(C)(O)C2CCCN2Cc2ccon2)cc1. The molecule has 2 heterocycles. The van der Waals surface area contributed by atoms with E-state index in [1.165, 1.54) is 0 Å². The zero-order chi connectivity index (χ0) is 15.6. The Balaban J connectivity index is 1.79. The first kappa shape index (κ1) is 15.1. The van der Waals surface area contributed by atoms with Crippen molar-refractivity contribution in [3.8, 4) is 5.75 Å². The minimum Gasteiger partial charge on any atom is -0.497 e. The van der Waals surface area contributed by atoms with Gasteiger partial charge >= 0.3 is 0 Å². The fourth-order valence-corrected chi connectivity index (χ4v) is 3.30. The van der Waals surface area contributed by atoms with Crippen molar-refractivity contribution in [1.82, 2.24) is 10.1 Å². The normalized spacial score (nSPS) is 21.7. The summed E-state index contributed by atoms with van der Waals surface area (Å²) >= 11 is 0. The van der Waals surface area contributed by atoms with Crippen LogP contribution in [0.1, 0.15) is 31.0 Å². The Morgan fingerprint density at radius 1 is 1.36 bits per heavy atom. The summed E-state index contributed by atoms with van der Waals surface area (Å²) in [7, 11) is 1.64. The number of aliphatic hydroxyl groups is 1. The summed E-state index contributed by atoms with van der Waals surface area (Å²) in [6.07, 6.45) is 3.63. The number of aromatic nitrogens is 1. The second-order valence-corrected chi connectivity index (χ2v) is 6.00. The lowest BCUT2D eigenvalue weighted by Crippen LogP contribution is -2.45. The topological polar surface area (TPSA) is 58.7 Å². The summed E-state index contributed by atoms with van der Waals surface area (Å²) in [5.74, 6) is 0.797. The molecule has 0 amide bonds. The summed E-state index contributed by atoms with van der Waals surface area (Å²) in [6, 6.07) is 9.59. The number of hydrogen-bond acceptors (Lipinski definition) is 5. The fraction of sp³-hybridized carbons (Fsp3) is 0.471. The number of methoxy groups -OCH3 is 1. The average Bonchev–Trinajstić information content (AvgIpc) is 3.20. The number of ether oxygens (including phenoxy) is 1. The molecule has 0 bridgehead atoms. The number of likely N-dealkylation sites (tertiary alicyclic amines) is 1. The standard InChI is InChI=1S/C17H22N2O3/c1-17(20,13-5-7-15(21-2)8-6-13)16-4-3-10-19(16)12-14-9-11-22-18-14/h5-9,11,16,20H,3-4,10,12H2,1-2H3. The van der Waals surface area contributed by atoms with E-state index in [1.54, 1.807) is 13.4 Å². The number of rotatable bonds is 5. The second-order valence-electron chi connectivity index (χ2n) is 6.00. The van der Waals surface area contributed by atoms with Crippen LogP contribution in [0.4, 0.5) is 0 Å². The van der Waals surface area contributed by atoms with Crippen molar-refractivity contribution >= 4 is 0 Å². The molecule has 3 rings (SSSR count). The average molecular weight is 302 g/mol. The van der Waals surface area contributed by atoms with Gasteiger partial charge in [0.15, 0.2) is 0 Å². The van der Waals surface area contributed by atoms with Gasteiger partial charge in [-0.3, -0.25) is 4.90 Å². The third kappa shape index (κ3) is 2.87. The van der Waals surface area contributed by atoms with Crippen LogP contribution in [-0.4, -0.2) is 34.9 Å². The van der Waals surface area contributed by atoms with Gasteiger partial charge in [0.25, 0.3) is 0 Å². The van der Waals surface area contributed by atoms with Gasteiger partial charge in [-0.05, 0) is 44.0 Å². The molecular weight excluding hydrogens is 280 g/mol. The first-order valence-electron chi connectivity index (χ1n) is 7.61. The van der Waals surface area contributed by atoms with Gasteiger partial charge in [0.05, 0.1) is 12.8 Å². The van der Waals surface area contributed by atoms with E-state index >= 15 is 0 Å². The van der Waals surface area contributed by atoms with E-state index in [9.17, 15) is 5.11 Å². The third-order valence-electron chi connectivity index (χ3n) is 4.54. The van der Waals surface area contributed by atoms with Crippen LogP contribution in [0.25, 0.3) is 0 Å². The molecule has 22 heavy (non-hydrogen) atoms. The molecule has 1 saturated heterocycles. The van der Waals surface area contributed by atoms with Crippen molar-refractivity contribution < 1.29 is 14.4 Å². The van der Waals surface area contributed by atoms with Crippen molar-refractivity contribution in [2.24, 2.45) is 0 Å². The molecule has 1 fully saturated rings. The van der Waals surface area contributed by atoms with Gasteiger partial charge in [-0.1, -0.05) is 17.3 Å². The Kier molecular flexibility index (Phi) is 4.18. The second kappa shape index (κ2) is 6.10. The van der Waals surface area contributed by atoms with Gasteiger partial charge in [0.1, 0.15) is 17.6 Å². The summed E-state index contributed by atoms with van der Waals surface area (Å²) in [5, 5.41) is 15.1. The van der Waals surface area contributed by atoms with E-state index in [0.29, 0.717) is 6.54 Å². The van der Waals surface area contributed by atoms with E-state index in [0.717, 1.165) is 36.4 Å². The van der Waals surface area contributed by atoms with E-state index in [-0.39, 0.29) is 6.04 Å². The molecule has 0 aliphatic carbocycles. The molecular formula is C17H22N2O3. The highest BCUT2D eigenvalue weighted by Crippen LogP contribution is 2.35. The molecule has 5 heteroatoms. The Morgan fingerprint density at radius 2 is 2.14 bits per heavy atom. The van der Waals surface area contributed by atoms with Crippen molar-refractivity contribution in [1.29, 1.82) is 0 Å². The summed E-state index contributed by atoms with van der Waals surface area (Å²) in [5.41, 5.74) is 0.898. The monoisotopic (exact) mass is 302 g/mol. The lowest BCUT2D eigenvalue weighted by Gasteiger charge is -2.36. The molecule has 1 aliphatic heterocycles. The quantitative estimate of drug-likeness (QED) is 0.920. The Bertz CT molecular complexity index is 593. The van der Waals surface area contributed by atoms with Gasteiger partial charge in [-0.15, -0.1) is 0 Å². The van der Waals surface area contributed by atoms with E-state index in [2.05, 4.69) is 10.1 Å². The highest BCUT2D eigenvalue weighted by molar-refractivity contribution is 5.31. The number of nitrogens with zero attached hydrogens (tertiary/aromatic N) is 2. The number of hydrogen-bond donors (Lipinski definition) is 1. The van der Waals surface area contributed by atoms with Gasteiger partial charge in [0.2, 0.25) is 0 Å². The zero-order valence-corrected chi connectivity index (χ0v) is 13.0. The molecule has 0 saturated carbocycles. The minimum absolute atomic E-state index is 0.0672. The largest absolute Gasteiger partial charge is 0.497 e. The summed E-state index contributed by atoms with van der Waals surface area (Å²) in [6.45, 7) is 3.55. The highest BCUT2D eigenvalue weighted by atomic mass is 16.5. The lowest BCUT2D eigenvalue weighted by atomic mass is 9.86. The first-order valence-corrected chi connectivity index (χ1v) is 7.61. The van der Waals surface area contributed by atoms with Crippen LogP contribution in [0, 0.1) is 0 Å². The summed E-state index contributed by atoms with van der Waals surface area (Å²) < 4.78 is 10.1. The molecule has 1 aromatic carbocycles. The van der Waals surface area contributed by atoms with Crippen molar-refractivity contribution in [3.63, 3.8) is 0 Å². The third-order valence-corrected chi connectivity index (χ3v) is 4.54. The minimum atomic E-state index is -0.910. The molecule has 0 radical (unpaired) electrons. The molecule has 2 atom stereocenters. The van der Waals surface area contributed by atoms with Crippen molar-refractivity contribution in [2.45, 2.75) is 38.0 Å². The maximum absolute atomic E-state index is 11.1. The first-order chi connectivity index (χ1) is 10.6. The van der Waals surface area contributed by atoms with E-state index < -0.39 is 5.60 Å². The van der Waals surface area contributed by atoms with Gasteiger partial charge in [0, 0.05) is 18.7 Å². The highest BCUT2D eigenvalue weighted by Gasteiger charge is 2.40. The van der Waals surface area contributed by atoms with Gasteiger partial charge in [-0.2, -0.15) is 0 Å². The molecule has 5 nitrogen and oxygen atoms in total. The molecule has 1 aliphatic rings. The molecule has 1 aromatic heterocycles. The van der Waals surface area contributed by atoms with E-state index in [4.69, 9.17) is 9.26 Å². The fourth-order valence-electron chi connectivity index (χ4n) is 3.30. The predicted molar refractivity (Wildman–Crippen MR) is 82.5 cm³/mol. The van der Waals surface area contributed by atoms with Crippen LogP contribution in [0.15, 0.2) is 41.1 Å². The predicted octanol–water partition coefficient (Wildman–Crippen LogP) is 2.56. The van der Waals surface area contributed by atoms with Crippen LogP contribution in [0.2, 0.25) is 0 Å². The van der Waals surface area contributed by atoms with Crippen molar-refractivity contribution in [2.75, 3.05) is 13.7 Å². The van der Waals surface area contributed by atoms with Gasteiger partial charge in [-0.25, -0.2) is 0 Å². The van der Waals surface area contributed by atoms with Crippen molar-refractivity contribution in [3.05, 3.63) is 47.9 Å². The number of benzene rings is 1. The van der Waals surface area contributed by atoms with Crippen LogP contribution < -0.4 is 4.74 Å². The van der Waals surface area contributed by atoms with Crippen LogP contribution in [0.3, 0.4) is 0 Å². The van der Waals surface area contributed by atoms with Gasteiger partial charge < -0.3 is 14.4 Å². The smallest absolute Gasteiger partial charge is 0.124 e. The zero-order valence-electron chi connectivity index (χ0n) is 13.0. The molecule has 0 spiro atoms. The lowest BCUT2D eigenvalue weighted by molar-refractivity contribution is -0.0259. The van der Waals surface area contributed by atoms with E-state index in [1.807, 2.05) is 37.3 Å². The molecule has 2 unspecified atom stereocenters. The van der Waals surface area contributed by atoms with Crippen LogP contribution in [0.5, 0.6) is 5.75 Å². The molecule has 1 N–H and O–H groups in total. The summed E-state index contributed by atoms with van der Waals surface area (Å²) in [4.78, 5) is 2.28. The molecule has 118 valence electrons. The Morgan fingerprint density at radius 3 is 2.77 bits per heavy atom. The maximum Gasteiger partial charge on any atom is 0.124 e. The molecule has 2 aromatic rings.